The molecule has 0 spiro atoms. The standard InChI is InChI=1S/C13H14N4O2/c14-12(18)10-2-4-17(13(10)19)7-9-5-8-1-3-15-6-11(8)16-9/h1,3,5-6,10,16H,2,4,7H2,(H2,14,18)/t10-/m0/s1. The van der Waals surface area contributed by atoms with E-state index in [0.29, 0.717) is 19.5 Å². The smallest absolute Gasteiger partial charge is 0.235 e. The summed E-state index contributed by atoms with van der Waals surface area (Å²) in [5.41, 5.74) is 7.07. The zero-order chi connectivity index (χ0) is 13.4. The summed E-state index contributed by atoms with van der Waals surface area (Å²) in [5.74, 6) is -1.37. The van der Waals surface area contributed by atoms with Crippen molar-refractivity contribution in [3.8, 4) is 0 Å². The van der Waals surface area contributed by atoms with E-state index in [1.54, 1.807) is 17.3 Å². The van der Waals surface area contributed by atoms with E-state index in [1.165, 1.54) is 0 Å². The van der Waals surface area contributed by atoms with E-state index < -0.39 is 11.8 Å². The van der Waals surface area contributed by atoms with Crippen molar-refractivity contribution in [1.82, 2.24) is 14.9 Å². The third-order valence-electron chi connectivity index (χ3n) is 3.48. The molecule has 3 rings (SSSR count). The number of pyridine rings is 1. The lowest BCUT2D eigenvalue weighted by Crippen LogP contribution is -2.33. The van der Waals surface area contributed by atoms with Crippen molar-refractivity contribution in [3.05, 3.63) is 30.2 Å². The average molecular weight is 258 g/mol. The molecule has 1 atom stereocenters. The van der Waals surface area contributed by atoms with Crippen LogP contribution in [0.25, 0.3) is 10.9 Å². The molecule has 2 aromatic rings. The number of aromatic amines is 1. The summed E-state index contributed by atoms with van der Waals surface area (Å²) in [6.07, 6.45) is 3.98. The summed E-state index contributed by atoms with van der Waals surface area (Å²) in [5, 5.41) is 1.06. The topological polar surface area (TPSA) is 92.1 Å². The van der Waals surface area contributed by atoms with E-state index in [9.17, 15) is 9.59 Å². The maximum atomic E-state index is 12.0. The first-order valence-corrected chi connectivity index (χ1v) is 6.15. The fourth-order valence-electron chi connectivity index (χ4n) is 2.48. The number of primary amides is 1. The molecule has 2 aromatic heterocycles. The number of aromatic nitrogens is 2. The second-order valence-electron chi connectivity index (χ2n) is 4.76. The SMILES string of the molecule is NC(=O)[C@@H]1CCN(Cc2cc3ccncc3[nH]2)C1=O. The minimum absolute atomic E-state index is 0.177. The largest absolute Gasteiger partial charge is 0.369 e. The van der Waals surface area contributed by atoms with Crippen molar-refractivity contribution in [2.45, 2.75) is 13.0 Å². The highest BCUT2D eigenvalue weighted by atomic mass is 16.2. The highest BCUT2D eigenvalue weighted by Gasteiger charge is 2.35. The molecule has 0 unspecified atom stereocenters. The van der Waals surface area contributed by atoms with Crippen molar-refractivity contribution in [2.75, 3.05) is 6.54 Å². The molecule has 6 nitrogen and oxygen atoms in total. The van der Waals surface area contributed by atoms with Gasteiger partial charge >= 0.3 is 0 Å². The Morgan fingerprint density at radius 2 is 2.42 bits per heavy atom. The third-order valence-corrected chi connectivity index (χ3v) is 3.48. The fourth-order valence-corrected chi connectivity index (χ4v) is 2.48. The molecule has 3 N–H and O–H groups in total. The van der Waals surface area contributed by atoms with Gasteiger partial charge in [-0.1, -0.05) is 0 Å². The van der Waals surface area contributed by atoms with Crippen LogP contribution in [-0.2, 0) is 16.1 Å². The first-order chi connectivity index (χ1) is 9.15. The number of fused-ring (bicyclic) bond motifs is 1. The summed E-state index contributed by atoms with van der Waals surface area (Å²) >= 11 is 0. The van der Waals surface area contributed by atoms with Gasteiger partial charge in [0.05, 0.1) is 18.3 Å². The van der Waals surface area contributed by atoms with Gasteiger partial charge < -0.3 is 15.6 Å². The Morgan fingerprint density at radius 1 is 1.58 bits per heavy atom. The molecule has 0 aromatic carbocycles. The van der Waals surface area contributed by atoms with E-state index in [2.05, 4.69) is 9.97 Å². The molecule has 0 aliphatic carbocycles. The molecule has 0 saturated carbocycles. The van der Waals surface area contributed by atoms with Gasteiger partial charge in [0, 0.05) is 23.8 Å². The van der Waals surface area contributed by atoms with Gasteiger partial charge in [-0.3, -0.25) is 14.6 Å². The van der Waals surface area contributed by atoms with Crippen LogP contribution in [0.4, 0.5) is 0 Å². The van der Waals surface area contributed by atoms with E-state index in [4.69, 9.17) is 5.73 Å². The van der Waals surface area contributed by atoms with E-state index >= 15 is 0 Å². The van der Waals surface area contributed by atoms with Gasteiger partial charge in [0.25, 0.3) is 0 Å². The van der Waals surface area contributed by atoms with Crippen LogP contribution in [0.5, 0.6) is 0 Å². The van der Waals surface area contributed by atoms with Gasteiger partial charge in [0.15, 0.2) is 0 Å². The molecule has 2 amide bonds. The molecule has 1 aliphatic rings. The second kappa shape index (κ2) is 4.38. The number of H-pyrrole nitrogens is 1. The first-order valence-electron chi connectivity index (χ1n) is 6.15. The normalized spacial score (nSPS) is 19.3. The number of carbonyl (C=O) groups excluding carboxylic acids is 2. The molecule has 19 heavy (non-hydrogen) atoms. The molecule has 3 heterocycles. The molecule has 6 heteroatoms. The van der Waals surface area contributed by atoms with Crippen LogP contribution in [0.15, 0.2) is 24.5 Å². The molecule has 1 fully saturated rings. The summed E-state index contributed by atoms with van der Waals surface area (Å²) in [7, 11) is 0. The lowest BCUT2D eigenvalue weighted by molar-refractivity contribution is -0.136. The van der Waals surface area contributed by atoms with Crippen molar-refractivity contribution in [2.24, 2.45) is 11.7 Å². The van der Waals surface area contributed by atoms with Crippen LogP contribution < -0.4 is 5.73 Å². The van der Waals surface area contributed by atoms with Crippen molar-refractivity contribution >= 4 is 22.7 Å². The molecule has 0 bridgehead atoms. The summed E-state index contributed by atoms with van der Waals surface area (Å²) in [6.45, 7) is 1.04. The van der Waals surface area contributed by atoms with E-state index in [0.717, 1.165) is 16.6 Å². The number of hydrogen-bond donors (Lipinski definition) is 2. The number of nitrogens with one attached hydrogen (secondary N) is 1. The number of nitrogens with zero attached hydrogens (tertiary/aromatic N) is 2. The Morgan fingerprint density at radius 3 is 3.11 bits per heavy atom. The molecular weight excluding hydrogens is 244 g/mol. The van der Waals surface area contributed by atoms with Crippen molar-refractivity contribution in [3.63, 3.8) is 0 Å². The van der Waals surface area contributed by atoms with Crippen LogP contribution >= 0.6 is 0 Å². The lowest BCUT2D eigenvalue weighted by Gasteiger charge is -2.14. The zero-order valence-electron chi connectivity index (χ0n) is 10.3. The highest BCUT2D eigenvalue weighted by Crippen LogP contribution is 2.21. The molecule has 98 valence electrons. The maximum Gasteiger partial charge on any atom is 0.235 e. The van der Waals surface area contributed by atoms with E-state index in [1.807, 2.05) is 12.1 Å². The average Bonchev–Trinajstić information content (AvgIpc) is 2.94. The van der Waals surface area contributed by atoms with Gasteiger partial charge in [-0.05, 0) is 18.6 Å². The van der Waals surface area contributed by atoms with Crippen LogP contribution in [0.2, 0.25) is 0 Å². The Kier molecular flexibility index (Phi) is 2.70. The Hall–Kier alpha value is -2.37. The Labute approximate surface area is 109 Å². The molecule has 0 radical (unpaired) electrons. The van der Waals surface area contributed by atoms with Crippen LogP contribution in [0.1, 0.15) is 12.1 Å². The fraction of sp³-hybridized carbons (Fsp3) is 0.308. The number of amides is 2. The zero-order valence-corrected chi connectivity index (χ0v) is 10.3. The number of carbonyl (C=O) groups is 2. The van der Waals surface area contributed by atoms with Gasteiger partial charge in [-0.2, -0.15) is 0 Å². The number of rotatable bonds is 3. The predicted octanol–water partition coefficient (Wildman–Crippen LogP) is 0.397. The van der Waals surface area contributed by atoms with Gasteiger partial charge in [-0.15, -0.1) is 0 Å². The minimum Gasteiger partial charge on any atom is -0.369 e. The van der Waals surface area contributed by atoms with Crippen molar-refractivity contribution in [1.29, 1.82) is 0 Å². The summed E-state index contributed by atoms with van der Waals surface area (Å²) in [4.78, 5) is 32.0. The quantitative estimate of drug-likeness (QED) is 0.780. The lowest BCUT2D eigenvalue weighted by atomic mass is 10.1. The Bertz CT molecular complexity index is 616. The summed E-state index contributed by atoms with van der Waals surface area (Å²) in [6, 6.07) is 3.90. The predicted molar refractivity (Wildman–Crippen MR) is 68.8 cm³/mol. The minimum atomic E-state index is -0.661. The second-order valence-corrected chi connectivity index (χ2v) is 4.76. The van der Waals surface area contributed by atoms with E-state index in [-0.39, 0.29) is 5.91 Å². The maximum absolute atomic E-state index is 12.0. The number of likely N-dealkylation sites (tertiary alicyclic amines) is 1. The van der Waals surface area contributed by atoms with Crippen molar-refractivity contribution < 1.29 is 9.59 Å². The third kappa shape index (κ3) is 2.05. The van der Waals surface area contributed by atoms with Crippen LogP contribution in [-0.4, -0.2) is 33.2 Å². The number of nitrogens with two attached hydrogens (primary N) is 1. The van der Waals surface area contributed by atoms with Gasteiger partial charge in [-0.25, -0.2) is 0 Å². The van der Waals surface area contributed by atoms with Gasteiger partial charge in [0.2, 0.25) is 11.8 Å². The number of hydrogen-bond acceptors (Lipinski definition) is 3. The van der Waals surface area contributed by atoms with Gasteiger partial charge in [0.1, 0.15) is 5.92 Å². The van der Waals surface area contributed by atoms with Crippen LogP contribution in [0, 0.1) is 5.92 Å². The molecule has 1 saturated heterocycles. The highest BCUT2D eigenvalue weighted by molar-refractivity contribution is 6.00. The van der Waals surface area contributed by atoms with Crippen LogP contribution in [0.3, 0.4) is 0 Å². The monoisotopic (exact) mass is 258 g/mol. The molecular formula is C13H14N4O2. The molecule has 1 aliphatic heterocycles. The first kappa shape index (κ1) is 11.7. The summed E-state index contributed by atoms with van der Waals surface area (Å²) < 4.78 is 0. The Balaban J connectivity index is 1.78.